The van der Waals surface area contributed by atoms with Gasteiger partial charge in [-0.2, -0.15) is 0 Å². The van der Waals surface area contributed by atoms with E-state index in [-0.39, 0.29) is 6.09 Å². The molecule has 122 valence electrons. The van der Waals surface area contributed by atoms with Crippen molar-refractivity contribution in [1.29, 1.82) is 0 Å². The highest BCUT2D eigenvalue weighted by molar-refractivity contribution is 6.17. The van der Waals surface area contributed by atoms with Gasteiger partial charge in [0, 0.05) is 16.8 Å². The van der Waals surface area contributed by atoms with Crippen LogP contribution in [0.2, 0.25) is 0 Å². The highest BCUT2D eigenvalue weighted by atomic mass is 16.6. The van der Waals surface area contributed by atoms with Gasteiger partial charge in [-0.3, -0.25) is 9.89 Å². The van der Waals surface area contributed by atoms with Crippen LogP contribution in [0.5, 0.6) is 0 Å². The molecule has 0 radical (unpaired) electrons. The van der Waals surface area contributed by atoms with E-state index in [1.54, 1.807) is 4.90 Å². The van der Waals surface area contributed by atoms with Gasteiger partial charge in [0.05, 0.1) is 18.8 Å². The number of benzene rings is 3. The summed E-state index contributed by atoms with van der Waals surface area (Å²) in [5.41, 5.74) is 5.28. The fourth-order valence-corrected chi connectivity index (χ4v) is 3.55. The third kappa shape index (κ3) is 2.30. The van der Waals surface area contributed by atoms with Crippen LogP contribution in [0, 0.1) is 0 Å². The number of hydrogen-bond donors (Lipinski definition) is 0. The summed E-state index contributed by atoms with van der Waals surface area (Å²) in [6.07, 6.45) is -0.276. The van der Waals surface area contributed by atoms with Gasteiger partial charge in [-0.25, -0.2) is 4.79 Å². The number of ether oxygens (including phenoxy) is 1. The van der Waals surface area contributed by atoms with Gasteiger partial charge in [0.1, 0.15) is 6.61 Å². The molecule has 1 amide bonds. The Morgan fingerprint density at radius 1 is 0.960 bits per heavy atom. The summed E-state index contributed by atoms with van der Waals surface area (Å²) >= 11 is 0. The molecule has 0 N–H and O–H groups in total. The van der Waals surface area contributed by atoms with Crippen LogP contribution in [0.4, 0.5) is 10.5 Å². The Morgan fingerprint density at radius 2 is 1.84 bits per heavy atom. The predicted molar refractivity (Wildman–Crippen MR) is 98.4 cm³/mol. The highest BCUT2D eigenvalue weighted by Crippen LogP contribution is 2.30. The van der Waals surface area contributed by atoms with Crippen molar-refractivity contribution in [3.8, 4) is 0 Å². The first-order chi connectivity index (χ1) is 12.3. The van der Waals surface area contributed by atoms with Crippen molar-refractivity contribution >= 4 is 28.3 Å². The fraction of sp³-hybridized carbons (Fsp3) is 0.143. The van der Waals surface area contributed by atoms with Crippen molar-refractivity contribution in [1.82, 2.24) is 0 Å². The first kappa shape index (κ1) is 14.2. The van der Waals surface area contributed by atoms with E-state index in [0.29, 0.717) is 19.7 Å². The van der Waals surface area contributed by atoms with Gasteiger partial charge in [-0.15, -0.1) is 0 Å². The Morgan fingerprint density at radius 3 is 2.68 bits per heavy atom. The Labute approximate surface area is 145 Å². The average molecular weight is 328 g/mol. The minimum atomic E-state index is -0.276. The maximum atomic E-state index is 11.8. The number of rotatable bonds is 2. The van der Waals surface area contributed by atoms with E-state index in [2.05, 4.69) is 42.5 Å². The molecular formula is C21H16N2O2. The van der Waals surface area contributed by atoms with Crippen LogP contribution in [-0.4, -0.2) is 25.0 Å². The van der Waals surface area contributed by atoms with Crippen molar-refractivity contribution in [2.45, 2.75) is 6.54 Å². The van der Waals surface area contributed by atoms with Crippen LogP contribution in [0.3, 0.4) is 0 Å². The van der Waals surface area contributed by atoms with Gasteiger partial charge in [0.2, 0.25) is 0 Å². The third-order valence-electron chi connectivity index (χ3n) is 4.85. The predicted octanol–water partition coefficient (Wildman–Crippen LogP) is 4.15. The van der Waals surface area contributed by atoms with Crippen LogP contribution < -0.4 is 4.90 Å². The molecule has 1 fully saturated rings. The number of amides is 1. The zero-order valence-corrected chi connectivity index (χ0v) is 13.6. The molecule has 0 spiro atoms. The summed E-state index contributed by atoms with van der Waals surface area (Å²) in [5.74, 6) is 0. The van der Waals surface area contributed by atoms with Gasteiger partial charge < -0.3 is 4.74 Å². The van der Waals surface area contributed by atoms with E-state index in [1.165, 1.54) is 16.3 Å². The van der Waals surface area contributed by atoms with Crippen LogP contribution in [-0.2, 0) is 11.3 Å². The van der Waals surface area contributed by atoms with E-state index in [4.69, 9.17) is 9.73 Å². The second-order valence-corrected chi connectivity index (χ2v) is 6.33. The van der Waals surface area contributed by atoms with Crippen LogP contribution in [0.25, 0.3) is 10.8 Å². The minimum absolute atomic E-state index is 0.276. The molecule has 5 rings (SSSR count). The standard InChI is InChI=1S/C21H16N2O2/c24-21-23(9-10-25-21)18-8-7-17-13-22-20(19(17)12-18)16-6-5-14-3-1-2-4-15(14)11-16/h1-8,11-12H,9-10,13H2. The lowest BCUT2D eigenvalue weighted by molar-refractivity contribution is 0.181. The highest BCUT2D eigenvalue weighted by Gasteiger charge is 2.26. The molecule has 4 heteroatoms. The monoisotopic (exact) mass is 328 g/mol. The largest absolute Gasteiger partial charge is 0.447 e. The Hall–Kier alpha value is -3.14. The summed E-state index contributed by atoms with van der Waals surface area (Å²) in [4.78, 5) is 18.3. The van der Waals surface area contributed by atoms with E-state index >= 15 is 0 Å². The zero-order chi connectivity index (χ0) is 16.8. The summed E-state index contributed by atoms with van der Waals surface area (Å²) in [6, 6.07) is 20.9. The first-order valence-electron chi connectivity index (χ1n) is 8.41. The average Bonchev–Trinajstić information content (AvgIpc) is 3.26. The van der Waals surface area contributed by atoms with Crippen molar-refractivity contribution in [2.75, 3.05) is 18.1 Å². The lowest BCUT2D eigenvalue weighted by atomic mass is 9.97. The molecule has 2 aliphatic heterocycles. The number of hydrogen-bond acceptors (Lipinski definition) is 3. The van der Waals surface area contributed by atoms with Gasteiger partial charge in [-0.1, -0.05) is 42.5 Å². The summed E-state index contributed by atoms with van der Waals surface area (Å²) in [6.45, 7) is 1.73. The molecule has 2 heterocycles. The Bertz CT molecular complexity index is 1040. The number of nitrogens with zero attached hydrogens (tertiary/aromatic N) is 2. The second kappa shape index (κ2) is 5.45. The molecule has 4 nitrogen and oxygen atoms in total. The smallest absolute Gasteiger partial charge is 0.414 e. The van der Waals surface area contributed by atoms with Crippen molar-refractivity contribution in [3.05, 3.63) is 77.4 Å². The van der Waals surface area contributed by atoms with E-state index in [1.807, 2.05) is 18.2 Å². The quantitative estimate of drug-likeness (QED) is 0.709. The number of fused-ring (bicyclic) bond motifs is 2. The number of anilines is 1. The second-order valence-electron chi connectivity index (χ2n) is 6.33. The van der Waals surface area contributed by atoms with Gasteiger partial charge in [0.25, 0.3) is 0 Å². The van der Waals surface area contributed by atoms with Gasteiger partial charge >= 0.3 is 6.09 Å². The molecule has 25 heavy (non-hydrogen) atoms. The molecule has 0 aromatic heterocycles. The molecule has 0 unspecified atom stereocenters. The normalized spacial score (nSPS) is 16.1. The van der Waals surface area contributed by atoms with Crippen molar-refractivity contribution < 1.29 is 9.53 Å². The molecule has 0 atom stereocenters. The number of carbonyl (C=O) groups excluding carboxylic acids is 1. The summed E-state index contributed by atoms with van der Waals surface area (Å²) in [5, 5.41) is 2.43. The first-order valence-corrected chi connectivity index (χ1v) is 8.41. The molecule has 0 saturated carbocycles. The third-order valence-corrected chi connectivity index (χ3v) is 4.85. The molecule has 0 bridgehead atoms. The fourth-order valence-electron chi connectivity index (χ4n) is 3.55. The summed E-state index contributed by atoms with van der Waals surface area (Å²) in [7, 11) is 0. The van der Waals surface area contributed by atoms with Crippen LogP contribution in [0.1, 0.15) is 16.7 Å². The van der Waals surface area contributed by atoms with Crippen molar-refractivity contribution in [2.24, 2.45) is 4.99 Å². The van der Waals surface area contributed by atoms with Crippen molar-refractivity contribution in [3.63, 3.8) is 0 Å². The van der Waals surface area contributed by atoms with E-state index in [0.717, 1.165) is 22.5 Å². The Balaban J connectivity index is 1.58. The van der Waals surface area contributed by atoms with Gasteiger partial charge in [0.15, 0.2) is 0 Å². The van der Waals surface area contributed by atoms with Crippen LogP contribution >= 0.6 is 0 Å². The Kier molecular flexibility index (Phi) is 3.10. The molecular weight excluding hydrogens is 312 g/mol. The van der Waals surface area contributed by atoms with Crippen LogP contribution in [0.15, 0.2) is 65.7 Å². The molecule has 3 aromatic rings. The minimum Gasteiger partial charge on any atom is -0.447 e. The molecule has 0 aliphatic carbocycles. The number of carbonyl (C=O) groups is 1. The lowest BCUT2D eigenvalue weighted by Gasteiger charge is -2.14. The van der Waals surface area contributed by atoms with E-state index < -0.39 is 0 Å². The summed E-state index contributed by atoms with van der Waals surface area (Å²) < 4.78 is 5.06. The number of aliphatic imine (C=N–C) groups is 1. The molecule has 1 saturated heterocycles. The maximum absolute atomic E-state index is 11.8. The number of cyclic esters (lactones) is 1. The zero-order valence-electron chi connectivity index (χ0n) is 13.6. The maximum Gasteiger partial charge on any atom is 0.414 e. The lowest BCUT2D eigenvalue weighted by Crippen LogP contribution is -2.23. The molecule has 2 aliphatic rings. The molecule has 3 aromatic carbocycles. The van der Waals surface area contributed by atoms with E-state index in [9.17, 15) is 4.79 Å². The topological polar surface area (TPSA) is 41.9 Å². The van der Waals surface area contributed by atoms with Gasteiger partial charge in [-0.05, 0) is 34.5 Å². The SMILES string of the molecule is O=C1OCCN1c1ccc2c(c1)C(c1ccc3ccccc3c1)=NC2.